The van der Waals surface area contributed by atoms with Crippen LogP contribution in [0.25, 0.3) is 0 Å². The van der Waals surface area contributed by atoms with Crippen molar-refractivity contribution in [3.8, 4) is 0 Å². The van der Waals surface area contributed by atoms with Crippen LogP contribution in [0.1, 0.15) is 28.2 Å². The monoisotopic (exact) mass is 190 g/mol. The zero-order chi connectivity index (χ0) is 7.98. The van der Waals surface area contributed by atoms with Gasteiger partial charge in [0.25, 0.3) is 0 Å². The van der Waals surface area contributed by atoms with E-state index in [0.717, 1.165) is 6.42 Å². The molecular weight excluding hydrogens is 168 g/mol. The molecule has 2 nitrogen and oxygen atoms in total. The van der Waals surface area contributed by atoms with E-state index in [4.69, 9.17) is 4.74 Å². The normalized spacial score (nSPS) is 7.75. The van der Waals surface area contributed by atoms with E-state index >= 15 is 0 Å². The summed E-state index contributed by atoms with van der Waals surface area (Å²) in [5, 5.41) is 0. The number of esters is 1. The van der Waals surface area contributed by atoms with Gasteiger partial charge in [-0.15, -0.1) is 0 Å². The Morgan fingerprint density at radius 1 is 1.50 bits per heavy atom. The molecule has 0 radical (unpaired) electrons. The molecule has 0 fully saturated rings. The van der Waals surface area contributed by atoms with Gasteiger partial charge in [-0.2, -0.15) is 0 Å². The molecule has 0 aliphatic rings. The van der Waals surface area contributed by atoms with Gasteiger partial charge < -0.3 is 4.74 Å². The van der Waals surface area contributed by atoms with Crippen molar-refractivity contribution in [3.63, 3.8) is 0 Å². The van der Waals surface area contributed by atoms with Gasteiger partial charge >= 0.3 is 5.97 Å². The van der Waals surface area contributed by atoms with E-state index < -0.39 is 0 Å². The molecule has 0 bridgehead atoms. The molecule has 0 amide bonds. The molecule has 0 atom stereocenters. The first-order chi connectivity index (χ1) is 4.68. The third-order valence-corrected chi connectivity index (χ3v) is 1.79. The predicted molar refractivity (Wildman–Crippen MR) is 58.6 cm³/mol. The van der Waals surface area contributed by atoms with Crippen molar-refractivity contribution in [1.82, 2.24) is 0 Å². The summed E-state index contributed by atoms with van der Waals surface area (Å²) in [6, 6.07) is 1.18. The highest BCUT2D eigenvalue weighted by Gasteiger charge is 2.00. The molecule has 0 aliphatic carbocycles. The Hall–Kier alpha value is -0.573. The minimum atomic E-state index is -0.268. The van der Waals surface area contributed by atoms with Crippen LogP contribution in [0.3, 0.4) is 0 Å². The standard InChI is InChI=1S/C7H14O2Si.2CH4/c1-6(2)7(8)9-4-3-5-10;;/h1,3-5H2,2,10H3;2*1H4. The average Bonchev–Trinajstić information content (AvgIpc) is 1.88. The molecule has 74 valence electrons. The molecular formula is C9H22O2Si. The Morgan fingerprint density at radius 2 is 2.00 bits per heavy atom. The fraction of sp³-hybridized carbons (Fsp3) is 0.667. The molecule has 3 heteroatoms. The quantitative estimate of drug-likeness (QED) is 0.291. The number of hydrogen-bond donors (Lipinski definition) is 0. The smallest absolute Gasteiger partial charge is 0.333 e. The van der Waals surface area contributed by atoms with Crippen LogP contribution in [0, 0.1) is 0 Å². The largest absolute Gasteiger partial charge is 0.462 e. The van der Waals surface area contributed by atoms with Crippen molar-refractivity contribution in [1.29, 1.82) is 0 Å². The van der Waals surface area contributed by atoms with Crippen LogP contribution in [-0.4, -0.2) is 22.8 Å². The van der Waals surface area contributed by atoms with Crippen molar-refractivity contribution >= 4 is 16.2 Å². The maximum atomic E-state index is 10.7. The van der Waals surface area contributed by atoms with Gasteiger partial charge in [-0.3, -0.25) is 0 Å². The Balaban J connectivity index is -0.000000405. The molecule has 0 aliphatic heterocycles. The van der Waals surface area contributed by atoms with E-state index in [9.17, 15) is 4.79 Å². The summed E-state index contributed by atoms with van der Waals surface area (Å²) >= 11 is 0. The van der Waals surface area contributed by atoms with Gasteiger partial charge in [-0.05, 0) is 13.3 Å². The summed E-state index contributed by atoms with van der Waals surface area (Å²) in [4.78, 5) is 10.7. The molecule has 0 spiro atoms. The summed E-state index contributed by atoms with van der Waals surface area (Å²) in [5.41, 5.74) is 0.480. The fourth-order valence-electron chi connectivity index (χ4n) is 0.432. The second kappa shape index (κ2) is 10.4. The van der Waals surface area contributed by atoms with E-state index in [1.54, 1.807) is 6.92 Å². The summed E-state index contributed by atoms with van der Waals surface area (Å²) in [6.45, 7) is 5.67. The van der Waals surface area contributed by atoms with Crippen LogP contribution in [0.2, 0.25) is 6.04 Å². The minimum absolute atomic E-state index is 0. The first-order valence-electron chi connectivity index (χ1n) is 3.51. The third-order valence-electron chi connectivity index (χ3n) is 1.08. The highest BCUT2D eigenvalue weighted by molar-refractivity contribution is 6.08. The van der Waals surface area contributed by atoms with Crippen LogP contribution in [-0.2, 0) is 9.53 Å². The second-order valence-electron chi connectivity index (χ2n) is 2.27. The van der Waals surface area contributed by atoms with Gasteiger partial charge in [-0.25, -0.2) is 4.79 Å². The lowest BCUT2D eigenvalue weighted by Crippen LogP contribution is -2.05. The average molecular weight is 190 g/mol. The molecule has 0 aromatic heterocycles. The van der Waals surface area contributed by atoms with Crippen LogP contribution in [0.4, 0.5) is 0 Å². The Bertz CT molecular complexity index is 132. The number of carbonyl (C=O) groups is 1. The van der Waals surface area contributed by atoms with E-state index in [0.29, 0.717) is 12.2 Å². The maximum Gasteiger partial charge on any atom is 0.333 e. The highest BCUT2D eigenvalue weighted by Crippen LogP contribution is 1.93. The van der Waals surface area contributed by atoms with Crippen LogP contribution in [0.5, 0.6) is 0 Å². The number of rotatable bonds is 4. The first-order valence-corrected chi connectivity index (χ1v) is 4.92. The SMILES string of the molecule is C.C.C=C(C)C(=O)OCCC[SiH3]. The lowest BCUT2D eigenvalue weighted by atomic mass is 10.4. The zero-order valence-electron chi connectivity index (χ0n) is 6.64. The molecule has 12 heavy (non-hydrogen) atoms. The van der Waals surface area contributed by atoms with Gasteiger partial charge in [0.05, 0.1) is 6.61 Å². The molecule has 0 N–H and O–H groups in total. The second-order valence-corrected chi connectivity index (χ2v) is 3.27. The summed E-state index contributed by atoms with van der Waals surface area (Å²) < 4.78 is 4.83. The van der Waals surface area contributed by atoms with E-state index in [1.165, 1.54) is 16.3 Å². The maximum absolute atomic E-state index is 10.7. The van der Waals surface area contributed by atoms with Crippen molar-refractivity contribution in [2.45, 2.75) is 34.2 Å². The zero-order valence-corrected chi connectivity index (χ0v) is 8.64. The van der Waals surface area contributed by atoms with Crippen LogP contribution >= 0.6 is 0 Å². The highest BCUT2D eigenvalue weighted by atomic mass is 28.1. The minimum Gasteiger partial charge on any atom is -0.462 e. The van der Waals surface area contributed by atoms with Crippen LogP contribution in [0.15, 0.2) is 12.2 Å². The summed E-state index contributed by atoms with van der Waals surface area (Å²) in [5.74, 6) is -0.268. The van der Waals surface area contributed by atoms with E-state index in [1.807, 2.05) is 0 Å². The molecule has 0 aromatic carbocycles. The van der Waals surface area contributed by atoms with E-state index in [2.05, 4.69) is 6.58 Å². The third kappa shape index (κ3) is 9.43. The molecule has 0 heterocycles. The Labute approximate surface area is 79.4 Å². The number of carbonyl (C=O) groups excluding carboxylic acids is 1. The fourth-order valence-corrected chi connectivity index (χ4v) is 0.721. The number of hydrogen-bond acceptors (Lipinski definition) is 2. The van der Waals surface area contributed by atoms with Gasteiger partial charge in [0.2, 0.25) is 0 Å². The van der Waals surface area contributed by atoms with Crippen LogP contribution < -0.4 is 0 Å². The van der Waals surface area contributed by atoms with Gasteiger partial charge in [0, 0.05) is 15.8 Å². The predicted octanol–water partition coefficient (Wildman–Crippen LogP) is 1.55. The van der Waals surface area contributed by atoms with Crippen molar-refractivity contribution in [3.05, 3.63) is 12.2 Å². The summed E-state index contributed by atoms with van der Waals surface area (Å²) in [6.07, 6.45) is 0.991. The number of ether oxygens (including phenoxy) is 1. The lowest BCUT2D eigenvalue weighted by molar-refractivity contribution is -0.138. The molecule has 0 aromatic rings. The van der Waals surface area contributed by atoms with Crippen molar-refractivity contribution < 1.29 is 9.53 Å². The summed E-state index contributed by atoms with van der Waals surface area (Å²) in [7, 11) is 1.18. The topological polar surface area (TPSA) is 26.3 Å². The first kappa shape index (κ1) is 17.5. The van der Waals surface area contributed by atoms with Gasteiger partial charge in [-0.1, -0.05) is 27.5 Å². The Morgan fingerprint density at radius 3 is 2.33 bits per heavy atom. The van der Waals surface area contributed by atoms with Gasteiger partial charge in [0.1, 0.15) is 0 Å². The molecule has 0 saturated carbocycles. The van der Waals surface area contributed by atoms with E-state index in [-0.39, 0.29) is 20.8 Å². The molecule has 0 rings (SSSR count). The molecule has 0 unspecified atom stereocenters. The van der Waals surface area contributed by atoms with Crippen molar-refractivity contribution in [2.75, 3.05) is 6.61 Å². The van der Waals surface area contributed by atoms with Crippen molar-refractivity contribution in [2.24, 2.45) is 0 Å². The Kier molecular flexibility index (Phi) is 15.2. The molecule has 0 saturated heterocycles. The van der Waals surface area contributed by atoms with Gasteiger partial charge in [0.15, 0.2) is 0 Å². The lowest BCUT2D eigenvalue weighted by Gasteiger charge is -2.01.